The smallest absolute Gasteiger partial charge is 0.261 e. The van der Waals surface area contributed by atoms with E-state index in [0.29, 0.717) is 35.8 Å². The zero-order chi connectivity index (χ0) is 18.2. The number of nitrogens with one attached hydrogen (secondary N) is 2. The van der Waals surface area contributed by atoms with Crippen molar-refractivity contribution >= 4 is 28.8 Å². The van der Waals surface area contributed by atoms with Gasteiger partial charge in [-0.25, -0.2) is 9.97 Å². The van der Waals surface area contributed by atoms with E-state index in [1.807, 2.05) is 41.8 Å². The van der Waals surface area contributed by atoms with Crippen molar-refractivity contribution in [1.29, 1.82) is 0 Å². The molecule has 3 aromatic rings. The van der Waals surface area contributed by atoms with Crippen molar-refractivity contribution < 1.29 is 9.59 Å². The summed E-state index contributed by atoms with van der Waals surface area (Å²) < 4.78 is 0. The maximum absolute atomic E-state index is 12.0. The highest BCUT2D eigenvalue weighted by Crippen LogP contribution is 2.15. The molecule has 0 saturated carbocycles. The van der Waals surface area contributed by atoms with Gasteiger partial charge in [0.1, 0.15) is 0 Å². The van der Waals surface area contributed by atoms with Crippen molar-refractivity contribution in [1.82, 2.24) is 15.3 Å². The number of hydrogen-bond donors (Lipinski definition) is 2. The van der Waals surface area contributed by atoms with Crippen molar-refractivity contribution in [2.45, 2.75) is 12.8 Å². The van der Waals surface area contributed by atoms with E-state index in [9.17, 15) is 9.59 Å². The quantitative estimate of drug-likeness (QED) is 0.628. The first-order valence-corrected chi connectivity index (χ1v) is 9.09. The van der Waals surface area contributed by atoms with E-state index in [0.717, 1.165) is 5.56 Å². The lowest BCUT2D eigenvalue weighted by Gasteiger charge is -2.06. The van der Waals surface area contributed by atoms with Crippen molar-refractivity contribution in [3.05, 3.63) is 65.1 Å². The molecule has 2 amide bonds. The Balaban J connectivity index is 1.41. The lowest BCUT2D eigenvalue weighted by Crippen LogP contribution is -2.24. The largest absolute Gasteiger partial charge is 0.351 e. The van der Waals surface area contributed by atoms with E-state index >= 15 is 0 Å². The zero-order valence-electron chi connectivity index (χ0n) is 14.0. The van der Waals surface area contributed by atoms with Crippen molar-refractivity contribution in [2.24, 2.45) is 0 Å². The molecule has 2 heterocycles. The number of nitrogens with zero attached hydrogens (tertiary/aromatic N) is 2. The lowest BCUT2D eigenvalue weighted by molar-refractivity contribution is -0.116. The summed E-state index contributed by atoms with van der Waals surface area (Å²) in [6.07, 6.45) is 4.05. The number of carbonyl (C=O) groups is 2. The van der Waals surface area contributed by atoms with Gasteiger partial charge in [0.2, 0.25) is 5.91 Å². The molecule has 132 valence electrons. The van der Waals surface area contributed by atoms with Crippen molar-refractivity contribution in [3.8, 4) is 11.4 Å². The molecule has 26 heavy (non-hydrogen) atoms. The Morgan fingerprint density at radius 3 is 2.46 bits per heavy atom. The van der Waals surface area contributed by atoms with E-state index in [-0.39, 0.29) is 11.8 Å². The summed E-state index contributed by atoms with van der Waals surface area (Å²) in [5.74, 6) is 0.372. The van der Waals surface area contributed by atoms with Crippen LogP contribution in [0.1, 0.15) is 22.5 Å². The molecule has 2 aromatic heterocycles. The topological polar surface area (TPSA) is 84.0 Å². The summed E-state index contributed by atoms with van der Waals surface area (Å²) in [5, 5.41) is 7.41. The van der Waals surface area contributed by atoms with E-state index in [1.54, 1.807) is 18.5 Å². The first kappa shape index (κ1) is 17.8. The fraction of sp³-hybridized carbons (Fsp3) is 0.158. The highest BCUT2D eigenvalue weighted by atomic mass is 32.1. The normalized spacial score (nSPS) is 10.3. The molecule has 1 aromatic carbocycles. The minimum atomic E-state index is -0.133. The predicted octanol–water partition coefficient (Wildman–Crippen LogP) is 3.35. The number of benzene rings is 1. The molecule has 0 saturated heterocycles. The van der Waals surface area contributed by atoms with Crippen LogP contribution in [-0.2, 0) is 4.79 Å². The maximum Gasteiger partial charge on any atom is 0.261 e. The maximum atomic E-state index is 12.0. The van der Waals surface area contributed by atoms with Crippen LogP contribution < -0.4 is 10.6 Å². The van der Waals surface area contributed by atoms with Crippen LogP contribution in [0.15, 0.2) is 60.2 Å². The summed E-state index contributed by atoms with van der Waals surface area (Å²) in [5.41, 5.74) is 1.48. The Kier molecular flexibility index (Phi) is 6.05. The number of amides is 2. The second-order valence-corrected chi connectivity index (χ2v) is 6.49. The molecule has 2 N–H and O–H groups in total. The highest BCUT2D eigenvalue weighted by Gasteiger charge is 2.07. The number of anilines is 1. The highest BCUT2D eigenvalue weighted by molar-refractivity contribution is 7.12. The Bertz CT molecular complexity index is 849. The third-order valence-electron chi connectivity index (χ3n) is 3.58. The van der Waals surface area contributed by atoms with Crippen LogP contribution in [0.3, 0.4) is 0 Å². The van der Waals surface area contributed by atoms with Gasteiger partial charge in [-0.3, -0.25) is 9.59 Å². The average Bonchev–Trinajstić information content (AvgIpc) is 3.21. The molecule has 0 aliphatic heterocycles. The number of carbonyl (C=O) groups excluding carboxylic acids is 2. The van der Waals surface area contributed by atoms with Crippen LogP contribution >= 0.6 is 11.3 Å². The SMILES string of the molecule is O=C(CCCNC(=O)c1cccs1)Nc1cnc(-c2ccccc2)nc1. The molecule has 0 radical (unpaired) electrons. The molecule has 0 fully saturated rings. The first-order valence-electron chi connectivity index (χ1n) is 8.21. The Morgan fingerprint density at radius 2 is 1.77 bits per heavy atom. The molecule has 0 spiro atoms. The third-order valence-corrected chi connectivity index (χ3v) is 4.45. The van der Waals surface area contributed by atoms with Gasteiger partial charge in [-0.1, -0.05) is 36.4 Å². The molecular weight excluding hydrogens is 348 g/mol. The van der Waals surface area contributed by atoms with Crippen LogP contribution in [-0.4, -0.2) is 28.3 Å². The van der Waals surface area contributed by atoms with Gasteiger partial charge < -0.3 is 10.6 Å². The van der Waals surface area contributed by atoms with Gasteiger partial charge in [-0.15, -0.1) is 11.3 Å². The lowest BCUT2D eigenvalue weighted by atomic mass is 10.2. The van der Waals surface area contributed by atoms with E-state index in [2.05, 4.69) is 20.6 Å². The second-order valence-electron chi connectivity index (χ2n) is 5.55. The van der Waals surface area contributed by atoms with Crippen LogP contribution in [0.2, 0.25) is 0 Å². The van der Waals surface area contributed by atoms with Crippen molar-refractivity contribution in [2.75, 3.05) is 11.9 Å². The van der Waals surface area contributed by atoms with Crippen molar-refractivity contribution in [3.63, 3.8) is 0 Å². The molecule has 0 unspecified atom stereocenters. The Labute approximate surface area is 155 Å². The number of hydrogen-bond acceptors (Lipinski definition) is 5. The molecular formula is C19H18N4O2S. The van der Waals surface area contributed by atoms with Crippen LogP contribution in [0.25, 0.3) is 11.4 Å². The summed E-state index contributed by atoms with van der Waals surface area (Å²) in [6.45, 7) is 0.452. The number of thiophene rings is 1. The Morgan fingerprint density at radius 1 is 1.00 bits per heavy atom. The zero-order valence-corrected chi connectivity index (χ0v) is 14.8. The van der Waals surface area contributed by atoms with Gasteiger partial charge in [-0.2, -0.15) is 0 Å². The standard InChI is InChI=1S/C19H18N4O2S/c24-17(9-4-10-20-19(25)16-8-5-11-26-16)23-15-12-21-18(22-13-15)14-6-2-1-3-7-14/h1-3,5-8,11-13H,4,9-10H2,(H,20,25)(H,23,24). The van der Waals surface area contributed by atoms with Crippen LogP contribution in [0, 0.1) is 0 Å². The first-order chi connectivity index (χ1) is 12.7. The monoisotopic (exact) mass is 366 g/mol. The molecule has 0 aliphatic carbocycles. The number of aromatic nitrogens is 2. The molecule has 6 nitrogen and oxygen atoms in total. The molecule has 0 bridgehead atoms. The summed E-state index contributed by atoms with van der Waals surface area (Å²) >= 11 is 1.39. The predicted molar refractivity (Wildman–Crippen MR) is 102 cm³/mol. The number of rotatable bonds is 7. The minimum Gasteiger partial charge on any atom is -0.351 e. The summed E-state index contributed by atoms with van der Waals surface area (Å²) in [7, 11) is 0. The Hall–Kier alpha value is -3.06. The molecule has 0 aliphatic rings. The van der Waals surface area contributed by atoms with Gasteiger partial charge in [0.05, 0.1) is 23.0 Å². The van der Waals surface area contributed by atoms with Crippen LogP contribution in [0.5, 0.6) is 0 Å². The van der Waals surface area contributed by atoms with Gasteiger partial charge in [0.15, 0.2) is 5.82 Å². The van der Waals surface area contributed by atoms with E-state index in [1.165, 1.54) is 11.3 Å². The van der Waals surface area contributed by atoms with Gasteiger partial charge in [0.25, 0.3) is 5.91 Å². The molecule has 7 heteroatoms. The molecule has 3 rings (SSSR count). The van der Waals surface area contributed by atoms with E-state index < -0.39 is 0 Å². The fourth-order valence-electron chi connectivity index (χ4n) is 2.30. The molecule has 0 atom stereocenters. The summed E-state index contributed by atoms with van der Waals surface area (Å²) in [4.78, 5) is 32.9. The van der Waals surface area contributed by atoms with Gasteiger partial charge >= 0.3 is 0 Å². The third kappa shape index (κ3) is 4.97. The van der Waals surface area contributed by atoms with Gasteiger partial charge in [-0.05, 0) is 17.9 Å². The van der Waals surface area contributed by atoms with Gasteiger partial charge in [0, 0.05) is 18.5 Å². The van der Waals surface area contributed by atoms with E-state index in [4.69, 9.17) is 0 Å². The second kappa shape index (κ2) is 8.87. The fourth-order valence-corrected chi connectivity index (χ4v) is 2.94. The minimum absolute atomic E-state index is 0.106. The van der Waals surface area contributed by atoms with Crippen LogP contribution in [0.4, 0.5) is 5.69 Å². The average molecular weight is 366 g/mol. The summed E-state index contributed by atoms with van der Waals surface area (Å²) in [6, 6.07) is 13.2.